The quantitative estimate of drug-likeness (QED) is 0.573. The molecule has 0 atom stereocenters. The summed E-state index contributed by atoms with van der Waals surface area (Å²) in [5, 5.41) is 7.74. The number of thiazole rings is 1. The van der Waals surface area contributed by atoms with E-state index in [4.69, 9.17) is 14.0 Å². The summed E-state index contributed by atoms with van der Waals surface area (Å²) in [5.74, 6) is 2.02. The number of methoxy groups -OCH3 is 2. The zero-order valence-electron chi connectivity index (χ0n) is 18.0. The van der Waals surface area contributed by atoms with E-state index in [1.807, 2.05) is 45.9 Å². The van der Waals surface area contributed by atoms with E-state index in [1.165, 1.54) is 11.3 Å². The van der Waals surface area contributed by atoms with Crippen molar-refractivity contribution in [3.05, 3.63) is 40.5 Å². The van der Waals surface area contributed by atoms with E-state index >= 15 is 0 Å². The molecule has 0 saturated heterocycles. The van der Waals surface area contributed by atoms with Gasteiger partial charge in [-0.3, -0.25) is 4.79 Å². The van der Waals surface area contributed by atoms with Crippen LogP contribution in [0.5, 0.6) is 11.5 Å². The second kappa shape index (κ2) is 8.83. The first-order valence-electron chi connectivity index (χ1n) is 9.64. The number of carbonyl (C=O) groups excluding carboxylic acids is 1. The molecule has 0 bridgehead atoms. The second-order valence-corrected chi connectivity index (χ2v) is 8.34. The molecule has 0 fully saturated rings. The third-order valence-corrected chi connectivity index (χ3v) is 5.76. The molecule has 0 saturated carbocycles. The maximum atomic E-state index is 13.0. The third kappa shape index (κ3) is 4.46. The number of rotatable bonds is 8. The Morgan fingerprint density at radius 1 is 1.20 bits per heavy atom. The van der Waals surface area contributed by atoms with E-state index in [9.17, 15) is 4.79 Å². The lowest BCUT2D eigenvalue weighted by Gasteiger charge is -2.21. The molecule has 2 aromatic heterocycles. The van der Waals surface area contributed by atoms with Crippen LogP contribution in [0.15, 0.2) is 22.7 Å². The number of benzene rings is 1. The van der Waals surface area contributed by atoms with Crippen LogP contribution in [-0.2, 0) is 12.0 Å². The van der Waals surface area contributed by atoms with Gasteiger partial charge in [-0.1, -0.05) is 12.1 Å². The van der Waals surface area contributed by atoms with Crippen molar-refractivity contribution in [3.8, 4) is 22.1 Å². The fraction of sp³-hybridized carbons (Fsp3) is 0.429. The van der Waals surface area contributed by atoms with Gasteiger partial charge in [0.1, 0.15) is 9.88 Å². The predicted molar refractivity (Wildman–Crippen MR) is 114 cm³/mol. The number of hydrogen-bond acceptors (Lipinski definition) is 8. The van der Waals surface area contributed by atoms with Crippen molar-refractivity contribution < 1.29 is 18.8 Å². The number of amides is 1. The highest BCUT2D eigenvalue weighted by Crippen LogP contribution is 2.35. The van der Waals surface area contributed by atoms with Crippen molar-refractivity contribution in [3.63, 3.8) is 0 Å². The number of nitrogens with one attached hydrogen (secondary N) is 1. The monoisotopic (exact) mass is 430 g/mol. The van der Waals surface area contributed by atoms with Gasteiger partial charge < -0.3 is 19.3 Å². The highest BCUT2D eigenvalue weighted by atomic mass is 32.1. The molecule has 3 aromatic rings. The minimum Gasteiger partial charge on any atom is -0.493 e. The minimum absolute atomic E-state index is 0.233. The SMILES string of the molecule is CCCc1nc(C(C)(C)NC(=O)c2sc(-c3ccc(OC)c(OC)c3)nc2C)no1. The van der Waals surface area contributed by atoms with Crippen molar-refractivity contribution in [2.75, 3.05) is 14.2 Å². The maximum Gasteiger partial charge on any atom is 0.264 e. The highest BCUT2D eigenvalue weighted by molar-refractivity contribution is 7.17. The van der Waals surface area contributed by atoms with E-state index < -0.39 is 5.54 Å². The van der Waals surface area contributed by atoms with Crippen molar-refractivity contribution in [1.29, 1.82) is 0 Å². The third-order valence-electron chi connectivity index (χ3n) is 4.55. The molecular weight excluding hydrogens is 404 g/mol. The topological polar surface area (TPSA) is 99.4 Å². The molecule has 8 nitrogen and oxygen atoms in total. The highest BCUT2D eigenvalue weighted by Gasteiger charge is 2.30. The number of hydrogen-bond donors (Lipinski definition) is 1. The van der Waals surface area contributed by atoms with E-state index in [-0.39, 0.29) is 5.91 Å². The Hall–Kier alpha value is -2.94. The van der Waals surface area contributed by atoms with Gasteiger partial charge in [0.2, 0.25) is 5.89 Å². The minimum atomic E-state index is -0.785. The molecule has 3 rings (SSSR count). The molecule has 9 heteroatoms. The van der Waals surface area contributed by atoms with Crippen molar-refractivity contribution in [1.82, 2.24) is 20.4 Å². The molecule has 0 aliphatic rings. The molecule has 160 valence electrons. The molecule has 30 heavy (non-hydrogen) atoms. The fourth-order valence-corrected chi connectivity index (χ4v) is 3.88. The summed E-state index contributed by atoms with van der Waals surface area (Å²) in [4.78, 5) is 22.5. The molecule has 1 N–H and O–H groups in total. The summed E-state index contributed by atoms with van der Waals surface area (Å²) in [6.07, 6.45) is 1.62. The molecule has 0 unspecified atom stereocenters. The predicted octanol–water partition coefficient (Wildman–Crippen LogP) is 4.14. The largest absolute Gasteiger partial charge is 0.493 e. The van der Waals surface area contributed by atoms with Gasteiger partial charge in [-0.2, -0.15) is 4.98 Å². The zero-order chi connectivity index (χ0) is 21.9. The summed E-state index contributed by atoms with van der Waals surface area (Å²) >= 11 is 1.32. The van der Waals surface area contributed by atoms with Crippen LogP contribution >= 0.6 is 11.3 Å². The Kier molecular flexibility index (Phi) is 6.40. The van der Waals surface area contributed by atoms with Crippen molar-refractivity contribution >= 4 is 17.2 Å². The smallest absolute Gasteiger partial charge is 0.264 e. The Morgan fingerprint density at radius 2 is 1.93 bits per heavy atom. The van der Waals surface area contributed by atoms with E-state index in [1.54, 1.807) is 14.2 Å². The Bertz CT molecular complexity index is 1040. The fourth-order valence-electron chi connectivity index (χ4n) is 2.92. The van der Waals surface area contributed by atoms with Gasteiger partial charge in [-0.15, -0.1) is 11.3 Å². The van der Waals surface area contributed by atoms with E-state index in [0.29, 0.717) is 40.2 Å². The molecule has 0 aliphatic carbocycles. The normalized spacial score (nSPS) is 11.4. The van der Waals surface area contributed by atoms with Crippen LogP contribution < -0.4 is 14.8 Å². The summed E-state index contributed by atoms with van der Waals surface area (Å²) in [5.41, 5.74) is 0.714. The van der Waals surface area contributed by atoms with Crippen molar-refractivity contribution in [2.45, 2.75) is 46.1 Å². The van der Waals surface area contributed by atoms with Gasteiger partial charge in [-0.25, -0.2) is 4.98 Å². The first kappa shape index (κ1) is 21.8. The van der Waals surface area contributed by atoms with Crippen LogP contribution in [0.2, 0.25) is 0 Å². The number of aryl methyl sites for hydroxylation is 2. The number of carbonyl (C=O) groups is 1. The van der Waals surface area contributed by atoms with Gasteiger partial charge in [0, 0.05) is 12.0 Å². The molecule has 1 aromatic carbocycles. The maximum absolute atomic E-state index is 13.0. The van der Waals surface area contributed by atoms with Gasteiger partial charge in [0.05, 0.1) is 25.5 Å². The Morgan fingerprint density at radius 3 is 2.60 bits per heavy atom. The average molecular weight is 431 g/mol. The van der Waals surface area contributed by atoms with Gasteiger partial charge >= 0.3 is 0 Å². The van der Waals surface area contributed by atoms with Crippen LogP contribution in [0.3, 0.4) is 0 Å². The van der Waals surface area contributed by atoms with Crippen LogP contribution in [-0.4, -0.2) is 35.3 Å². The first-order chi connectivity index (χ1) is 14.3. The lowest BCUT2D eigenvalue weighted by atomic mass is 10.0. The van der Waals surface area contributed by atoms with Crippen LogP contribution in [0, 0.1) is 6.92 Å². The first-order valence-corrected chi connectivity index (χ1v) is 10.5. The Balaban J connectivity index is 1.83. The molecule has 0 radical (unpaired) electrons. The van der Waals surface area contributed by atoms with Gasteiger partial charge in [0.15, 0.2) is 17.3 Å². The summed E-state index contributed by atoms with van der Waals surface area (Å²) in [7, 11) is 3.17. The number of aromatic nitrogens is 3. The van der Waals surface area contributed by atoms with Gasteiger partial charge in [-0.05, 0) is 45.4 Å². The molecule has 0 aliphatic heterocycles. The molecule has 1 amide bonds. The van der Waals surface area contributed by atoms with Crippen LogP contribution in [0.1, 0.15) is 54.3 Å². The second-order valence-electron chi connectivity index (χ2n) is 7.34. The van der Waals surface area contributed by atoms with Crippen LogP contribution in [0.4, 0.5) is 0 Å². The summed E-state index contributed by atoms with van der Waals surface area (Å²) in [6, 6.07) is 5.55. The van der Waals surface area contributed by atoms with Crippen molar-refractivity contribution in [2.24, 2.45) is 0 Å². The number of ether oxygens (including phenoxy) is 2. The lowest BCUT2D eigenvalue weighted by Crippen LogP contribution is -2.41. The summed E-state index contributed by atoms with van der Waals surface area (Å²) in [6.45, 7) is 7.55. The molecule has 2 heterocycles. The average Bonchev–Trinajstić information content (AvgIpc) is 3.34. The Labute approximate surface area is 179 Å². The summed E-state index contributed by atoms with van der Waals surface area (Å²) < 4.78 is 15.9. The molecule has 0 spiro atoms. The molecular formula is C21H26N4O4S. The van der Waals surface area contributed by atoms with E-state index in [2.05, 4.69) is 20.4 Å². The number of nitrogens with zero attached hydrogens (tertiary/aromatic N) is 3. The zero-order valence-corrected chi connectivity index (χ0v) is 18.8. The van der Waals surface area contributed by atoms with E-state index in [0.717, 1.165) is 17.0 Å². The lowest BCUT2D eigenvalue weighted by molar-refractivity contribution is 0.0911. The standard InChI is InChI=1S/C21H26N4O4S/c1-7-8-16-23-20(25-29-16)21(3,4)24-18(26)17-12(2)22-19(30-17)13-9-10-14(27-5)15(11-13)28-6/h9-11H,7-8H2,1-6H3,(H,24,26). The van der Waals surface area contributed by atoms with Gasteiger partial charge in [0.25, 0.3) is 5.91 Å². The van der Waals surface area contributed by atoms with Crippen LogP contribution in [0.25, 0.3) is 10.6 Å².